The Hall–Kier alpha value is -3.54. The molecule has 36 heavy (non-hydrogen) atoms. The molecule has 4 heterocycles. The van der Waals surface area contributed by atoms with Crippen LogP contribution in [0.1, 0.15) is 5.56 Å². The van der Waals surface area contributed by atoms with E-state index in [9.17, 15) is 8.42 Å². The smallest absolute Gasteiger partial charge is 0.242 e. The van der Waals surface area contributed by atoms with Gasteiger partial charge in [0.15, 0.2) is 0 Å². The predicted octanol–water partition coefficient (Wildman–Crippen LogP) is 2.76. The summed E-state index contributed by atoms with van der Waals surface area (Å²) < 4.78 is 32.7. The molecular weight excluding hydrogens is 478 g/mol. The van der Waals surface area contributed by atoms with Gasteiger partial charge < -0.3 is 19.9 Å². The van der Waals surface area contributed by atoms with Crippen LogP contribution in [0, 0.1) is 0 Å². The molecule has 0 bridgehead atoms. The van der Waals surface area contributed by atoms with Gasteiger partial charge in [0, 0.05) is 74.9 Å². The Labute approximate surface area is 210 Å². The molecule has 1 saturated heterocycles. The van der Waals surface area contributed by atoms with E-state index in [-0.39, 0.29) is 4.90 Å². The second kappa shape index (κ2) is 10.2. The van der Waals surface area contributed by atoms with Crippen molar-refractivity contribution < 1.29 is 13.2 Å². The molecule has 0 saturated carbocycles. The summed E-state index contributed by atoms with van der Waals surface area (Å²) in [5.41, 5.74) is 3.22. The van der Waals surface area contributed by atoms with Gasteiger partial charge in [-0.2, -0.15) is 4.98 Å². The zero-order valence-electron chi connectivity index (χ0n) is 20.3. The van der Waals surface area contributed by atoms with Gasteiger partial charge in [0.1, 0.15) is 5.82 Å². The van der Waals surface area contributed by atoms with Gasteiger partial charge in [-0.3, -0.25) is 4.98 Å². The zero-order valence-corrected chi connectivity index (χ0v) is 21.1. The average Bonchev–Trinajstić information content (AvgIpc) is 3.38. The van der Waals surface area contributed by atoms with Gasteiger partial charge in [0.25, 0.3) is 0 Å². The van der Waals surface area contributed by atoms with E-state index >= 15 is 0 Å². The van der Waals surface area contributed by atoms with Crippen molar-refractivity contribution in [2.24, 2.45) is 0 Å². The molecule has 0 aliphatic carbocycles. The molecule has 11 heteroatoms. The van der Waals surface area contributed by atoms with Crippen molar-refractivity contribution in [1.82, 2.24) is 24.2 Å². The van der Waals surface area contributed by atoms with Crippen molar-refractivity contribution in [3.05, 3.63) is 60.6 Å². The normalized spacial score (nSPS) is 14.5. The van der Waals surface area contributed by atoms with E-state index in [0.29, 0.717) is 31.4 Å². The van der Waals surface area contributed by atoms with E-state index in [1.54, 1.807) is 24.5 Å². The van der Waals surface area contributed by atoms with Gasteiger partial charge in [-0.05, 0) is 36.2 Å². The van der Waals surface area contributed by atoms with Crippen LogP contribution < -0.4 is 10.2 Å². The van der Waals surface area contributed by atoms with Crippen molar-refractivity contribution in [3.63, 3.8) is 0 Å². The Bertz CT molecular complexity index is 1450. The van der Waals surface area contributed by atoms with E-state index in [4.69, 9.17) is 14.7 Å². The number of ether oxygens (including phenoxy) is 1. The monoisotopic (exact) mass is 507 g/mol. The van der Waals surface area contributed by atoms with Crippen LogP contribution in [0.2, 0.25) is 0 Å². The fourth-order valence-electron chi connectivity index (χ4n) is 4.18. The third-order valence-electron chi connectivity index (χ3n) is 6.16. The van der Waals surface area contributed by atoms with E-state index in [2.05, 4.69) is 20.2 Å². The first-order valence-electron chi connectivity index (χ1n) is 11.8. The topological polar surface area (TPSA) is 116 Å². The number of morpholine rings is 1. The molecule has 0 spiro atoms. The number of aromatic nitrogens is 4. The lowest BCUT2D eigenvalue weighted by atomic mass is 10.1. The molecule has 3 aromatic heterocycles. The maximum atomic E-state index is 13.0. The number of rotatable bonds is 8. The van der Waals surface area contributed by atoms with Crippen LogP contribution in [-0.4, -0.2) is 79.6 Å². The number of H-pyrrole nitrogens is 1. The SMILES string of the molecule is CN(C)S(=O)(=O)c1cc(-c2cc(N3CCOCC3)nc(NCCc3cccnc3)n2)c2cc[nH]c2c1. The summed E-state index contributed by atoms with van der Waals surface area (Å²) in [4.78, 5) is 19.3. The summed E-state index contributed by atoms with van der Waals surface area (Å²) >= 11 is 0. The first-order valence-corrected chi connectivity index (χ1v) is 13.2. The molecule has 1 aliphatic heterocycles. The highest BCUT2D eigenvalue weighted by Crippen LogP contribution is 2.33. The number of hydrogen-bond acceptors (Lipinski definition) is 8. The number of hydrogen-bond donors (Lipinski definition) is 2. The second-order valence-electron chi connectivity index (χ2n) is 8.77. The highest BCUT2D eigenvalue weighted by molar-refractivity contribution is 7.89. The van der Waals surface area contributed by atoms with Gasteiger partial charge in [0.2, 0.25) is 16.0 Å². The number of pyridine rings is 1. The highest BCUT2D eigenvalue weighted by Gasteiger charge is 2.22. The number of fused-ring (bicyclic) bond motifs is 1. The van der Waals surface area contributed by atoms with Crippen LogP contribution >= 0.6 is 0 Å². The van der Waals surface area contributed by atoms with Crippen molar-refractivity contribution in [1.29, 1.82) is 0 Å². The summed E-state index contributed by atoms with van der Waals surface area (Å²) in [5, 5.41) is 4.24. The number of nitrogens with one attached hydrogen (secondary N) is 2. The number of benzene rings is 1. The van der Waals surface area contributed by atoms with Crippen LogP contribution in [0.3, 0.4) is 0 Å². The average molecular weight is 508 g/mol. The van der Waals surface area contributed by atoms with Crippen molar-refractivity contribution >= 4 is 32.7 Å². The molecule has 0 amide bonds. The fraction of sp³-hybridized carbons (Fsp3) is 0.320. The summed E-state index contributed by atoms with van der Waals surface area (Å²) in [6, 6.07) is 11.2. The number of anilines is 2. The minimum atomic E-state index is -3.64. The van der Waals surface area contributed by atoms with E-state index < -0.39 is 10.0 Å². The first-order chi connectivity index (χ1) is 17.4. The maximum absolute atomic E-state index is 13.0. The molecule has 5 rings (SSSR count). The molecule has 1 fully saturated rings. The molecule has 188 valence electrons. The summed E-state index contributed by atoms with van der Waals surface area (Å²) in [5.74, 6) is 1.26. The minimum Gasteiger partial charge on any atom is -0.378 e. The quantitative estimate of drug-likeness (QED) is 0.374. The lowest BCUT2D eigenvalue weighted by molar-refractivity contribution is 0.122. The van der Waals surface area contributed by atoms with Gasteiger partial charge >= 0.3 is 0 Å². The molecular formula is C25H29N7O3S. The van der Waals surface area contributed by atoms with Gasteiger partial charge in [0.05, 0.1) is 23.8 Å². The van der Waals surface area contributed by atoms with Crippen LogP contribution in [0.5, 0.6) is 0 Å². The first kappa shape index (κ1) is 24.2. The summed E-state index contributed by atoms with van der Waals surface area (Å²) in [6.07, 6.45) is 6.17. The van der Waals surface area contributed by atoms with Crippen molar-refractivity contribution in [2.45, 2.75) is 11.3 Å². The Kier molecular flexibility index (Phi) is 6.86. The van der Waals surface area contributed by atoms with Crippen LogP contribution in [0.25, 0.3) is 22.2 Å². The largest absolute Gasteiger partial charge is 0.378 e. The highest BCUT2D eigenvalue weighted by atomic mass is 32.2. The number of sulfonamides is 1. The van der Waals surface area contributed by atoms with Gasteiger partial charge in [-0.1, -0.05) is 6.07 Å². The van der Waals surface area contributed by atoms with E-state index in [1.807, 2.05) is 30.5 Å². The second-order valence-corrected chi connectivity index (χ2v) is 10.9. The third kappa shape index (κ3) is 5.03. The van der Waals surface area contributed by atoms with Crippen LogP contribution in [0.4, 0.5) is 11.8 Å². The van der Waals surface area contributed by atoms with Crippen LogP contribution in [-0.2, 0) is 21.2 Å². The molecule has 0 unspecified atom stereocenters. The van der Waals surface area contributed by atoms with E-state index in [1.165, 1.54) is 18.4 Å². The lowest BCUT2D eigenvalue weighted by Crippen LogP contribution is -2.37. The third-order valence-corrected chi connectivity index (χ3v) is 7.96. The molecule has 0 radical (unpaired) electrons. The van der Waals surface area contributed by atoms with Crippen molar-refractivity contribution in [3.8, 4) is 11.3 Å². The summed E-state index contributed by atoms with van der Waals surface area (Å²) in [6.45, 7) is 3.33. The van der Waals surface area contributed by atoms with Gasteiger partial charge in [-0.15, -0.1) is 0 Å². The lowest BCUT2D eigenvalue weighted by Gasteiger charge is -2.28. The van der Waals surface area contributed by atoms with E-state index in [0.717, 1.165) is 47.4 Å². The Morgan fingerprint density at radius 1 is 1.14 bits per heavy atom. The molecule has 2 N–H and O–H groups in total. The summed E-state index contributed by atoms with van der Waals surface area (Å²) in [7, 11) is -0.586. The number of aromatic amines is 1. The standard InChI is InChI=1S/C25H29N7O3S/c1-31(2)36(33,34)19-14-21(20-6-9-27-22(20)15-19)23-16-24(32-10-12-35-13-11-32)30-25(29-23)28-8-5-18-4-3-7-26-17-18/h3-4,6-7,9,14-17,27H,5,8,10-13H2,1-2H3,(H,28,29,30). The van der Waals surface area contributed by atoms with Crippen LogP contribution in [0.15, 0.2) is 59.9 Å². The Morgan fingerprint density at radius 2 is 1.97 bits per heavy atom. The Morgan fingerprint density at radius 3 is 2.72 bits per heavy atom. The Balaban J connectivity index is 1.56. The molecule has 1 aromatic carbocycles. The maximum Gasteiger partial charge on any atom is 0.242 e. The fourth-order valence-corrected chi connectivity index (χ4v) is 5.14. The molecule has 1 aliphatic rings. The zero-order chi connectivity index (χ0) is 25.1. The molecule has 4 aromatic rings. The molecule has 0 atom stereocenters. The van der Waals surface area contributed by atoms with Crippen molar-refractivity contribution in [2.75, 3.05) is 57.2 Å². The van der Waals surface area contributed by atoms with Gasteiger partial charge in [-0.25, -0.2) is 17.7 Å². The molecule has 10 nitrogen and oxygen atoms in total. The minimum absolute atomic E-state index is 0.204. The number of nitrogens with zero attached hydrogens (tertiary/aromatic N) is 5. The predicted molar refractivity (Wildman–Crippen MR) is 140 cm³/mol.